The van der Waals surface area contributed by atoms with Crippen molar-refractivity contribution in [2.45, 2.75) is 80.2 Å². The number of unbranched alkanes of at least 4 members (excludes halogenated alkanes) is 2. The number of phenols is 1. The first-order valence-corrected chi connectivity index (χ1v) is 15.3. The Morgan fingerprint density at radius 3 is 2.34 bits per heavy atom. The van der Waals surface area contributed by atoms with Crippen LogP contribution in [0.1, 0.15) is 68.9 Å². The van der Waals surface area contributed by atoms with E-state index in [-0.39, 0.29) is 17.6 Å². The van der Waals surface area contributed by atoms with Crippen molar-refractivity contribution in [3.63, 3.8) is 0 Å². The van der Waals surface area contributed by atoms with Crippen LogP contribution in [0.15, 0.2) is 53.4 Å². The Bertz CT molecular complexity index is 984. The van der Waals surface area contributed by atoms with Crippen LogP contribution in [-0.2, 0) is 10.2 Å². The maximum Gasteiger partial charge on any atom is 0.453 e. The van der Waals surface area contributed by atoms with Crippen molar-refractivity contribution in [3.05, 3.63) is 59.7 Å². The Morgan fingerprint density at radius 1 is 0.921 bits per heavy atom. The molecule has 0 aliphatic carbocycles. The van der Waals surface area contributed by atoms with Crippen LogP contribution in [-0.4, -0.2) is 47.7 Å². The van der Waals surface area contributed by atoms with Gasteiger partial charge in [0.2, 0.25) is 0 Å². The van der Waals surface area contributed by atoms with Gasteiger partial charge in [0.15, 0.2) is 0 Å². The average molecular weight is 577 g/mol. The normalized spacial score (nSPS) is 19.9. The Labute approximate surface area is 231 Å². The molecule has 0 fully saturated rings. The minimum atomic E-state index is -5.45. The molecule has 0 amide bonds. The minimum Gasteiger partial charge on any atom is -0.508 e. The Balaban J connectivity index is 1.33. The summed E-state index contributed by atoms with van der Waals surface area (Å²) in [7, 11) is 0. The van der Waals surface area contributed by atoms with Crippen molar-refractivity contribution in [2.75, 3.05) is 30.5 Å². The highest BCUT2D eigenvalue weighted by Gasteiger charge is 2.56. The van der Waals surface area contributed by atoms with E-state index in [1.807, 2.05) is 23.9 Å². The van der Waals surface area contributed by atoms with Gasteiger partial charge in [0.25, 0.3) is 0 Å². The van der Waals surface area contributed by atoms with Crippen molar-refractivity contribution in [1.82, 2.24) is 0 Å². The number of rotatable bonds is 15. The lowest BCUT2D eigenvalue weighted by atomic mass is 9.68. The van der Waals surface area contributed by atoms with Crippen molar-refractivity contribution in [1.29, 1.82) is 0 Å². The van der Waals surface area contributed by atoms with E-state index in [1.54, 1.807) is 12.1 Å². The summed E-state index contributed by atoms with van der Waals surface area (Å²) in [6.07, 6.45) is -2.06. The third-order valence-corrected chi connectivity index (χ3v) is 9.75. The van der Waals surface area contributed by atoms with Crippen molar-refractivity contribution < 1.29 is 31.8 Å². The van der Waals surface area contributed by atoms with Gasteiger partial charge in [-0.25, -0.2) is 0 Å². The molecule has 2 aromatic carbocycles. The molecule has 38 heavy (non-hydrogen) atoms. The zero-order chi connectivity index (χ0) is 27.7. The fourth-order valence-corrected chi connectivity index (χ4v) is 7.22. The Morgan fingerprint density at radius 2 is 1.61 bits per heavy atom. The molecule has 0 aromatic heterocycles. The fraction of sp³-hybridized carbons (Fsp3) is 0.586. The van der Waals surface area contributed by atoms with Crippen LogP contribution in [0.25, 0.3) is 0 Å². The first-order chi connectivity index (χ1) is 18.0. The molecule has 0 bridgehead atoms. The second kappa shape index (κ2) is 14.3. The van der Waals surface area contributed by atoms with E-state index < -0.39 is 18.5 Å². The molecule has 1 aliphatic rings. The van der Waals surface area contributed by atoms with Crippen LogP contribution in [0.4, 0.5) is 22.0 Å². The number of hydrogen-bond acceptors (Lipinski definition) is 4. The van der Waals surface area contributed by atoms with E-state index in [4.69, 9.17) is 4.74 Å². The largest absolute Gasteiger partial charge is 0.508 e. The number of hydrogen-bond donors (Lipinski definition) is 1. The van der Waals surface area contributed by atoms with Gasteiger partial charge in [-0.1, -0.05) is 43.7 Å². The molecule has 0 saturated carbocycles. The summed E-state index contributed by atoms with van der Waals surface area (Å²) in [5, 5.41) is 9.76. The molecule has 2 aromatic rings. The molecule has 3 rings (SSSR count). The summed E-state index contributed by atoms with van der Waals surface area (Å²) in [6.45, 7) is 3.65. The highest BCUT2D eigenvalue weighted by Crippen LogP contribution is 2.51. The molecule has 2 atom stereocenters. The van der Waals surface area contributed by atoms with Crippen LogP contribution in [0.5, 0.6) is 5.75 Å². The van der Waals surface area contributed by atoms with Gasteiger partial charge in [-0.15, -0.1) is 11.8 Å². The topological polar surface area (TPSA) is 29.5 Å². The third-order valence-electron chi connectivity index (χ3n) is 7.17. The van der Waals surface area contributed by atoms with E-state index in [0.29, 0.717) is 24.9 Å². The number of ether oxygens (including phenoxy) is 1. The van der Waals surface area contributed by atoms with Crippen LogP contribution in [0.2, 0.25) is 0 Å². The molecule has 0 saturated heterocycles. The van der Waals surface area contributed by atoms with E-state index in [9.17, 15) is 27.1 Å². The van der Waals surface area contributed by atoms with Crippen LogP contribution in [0, 0.1) is 0 Å². The SMILES string of the molecule is C[C@]1(c2ccc(O)cc2)CSc2ccccc2C1CCCOCCCCCSCCCC(F)(F)C(F)(F)F. The zero-order valence-corrected chi connectivity index (χ0v) is 23.4. The lowest BCUT2D eigenvalue weighted by molar-refractivity contribution is -0.284. The first-order valence-electron chi connectivity index (χ1n) is 13.2. The predicted octanol–water partition coefficient (Wildman–Crippen LogP) is 9.22. The van der Waals surface area contributed by atoms with Crippen LogP contribution < -0.4 is 0 Å². The van der Waals surface area contributed by atoms with Crippen molar-refractivity contribution >= 4 is 23.5 Å². The Hall–Kier alpha value is -1.45. The van der Waals surface area contributed by atoms with Gasteiger partial charge < -0.3 is 9.84 Å². The summed E-state index contributed by atoms with van der Waals surface area (Å²) < 4.78 is 68.1. The van der Waals surface area contributed by atoms with Gasteiger partial charge in [0, 0.05) is 35.7 Å². The molecular formula is C29H37F5O2S2. The highest BCUT2D eigenvalue weighted by atomic mass is 32.2. The van der Waals surface area contributed by atoms with Gasteiger partial charge >= 0.3 is 12.1 Å². The van der Waals surface area contributed by atoms with Gasteiger partial charge in [-0.2, -0.15) is 33.7 Å². The van der Waals surface area contributed by atoms with E-state index in [1.165, 1.54) is 27.8 Å². The number of alkyl halides is 5. The van der Waals surface area contributed by atoms with E-state index in [2.05, 4.69) is 31.2 Å². The highest BCUT2D eigenvalue weighted by molar-refractivity contribution is 7.99. The lowest BCUT2D eigenvalue weighted by Gasteiger charge is -2.43. The second-order valence-electron chi connectivity index (χ2n) is 10.1. The second-order valence-corrected chi connectivity index (χ2v) is 12.3. The maximum absolute atomic E-state index is 12.9. The monoisotopic (exact) mass is 576 g/mol. The smallest absolute Gasteiger partial charge is 0.453 e. The molecule has 0 radical (unpaired) electrons. The third kappa shape index (κ3) is 8.52. The molecule has 212 valence electrons. The molecule has 1 N–H and O–H groups in total. The molecule has 1 aliphatic heterocycles. The van der Waals surface area contributed by atoms with Gasteiger partial charge in [0.05, 0.1) is 0 Å². The van der Waals surface area contributed by atoms with Crippen LogP contribution >= 0.6 is 23.5 Å². The molecule has 1 unspecified atom stereocenters. The maximum atomic E-state index is 12.9. The average Bonchev–Trinajstić information content (AvgIpc) is 2.87. The summed E-state index contributed by atoms with van der Waals surface area (Å²) in [4.78, 5) is 1.33. The number of thioether (sulfide) groups is 2. The number of phenolic OH excluding ortho intramolecular Hbond substituents is 1. The molecular weight excluding hydrogens is 539 g/mol. The predicted molar refractivity (Wildman–Crippen MR) is 147 cm³/mol. The summed E-state index contributed by atoms with van der Waals surface area (Å²) in [6, 6.07) is 16.2. The van der Waals surface area contributed by atoms with Gasteiger partial charge in [0.1, 0.15) is 5.75 Å². The van der Waals surface area contributed by atoms with Crippen LogP contribution in [0.3, 0.4) is 0 Å². The number of benzene rings is 2. The quantitative estimate of drug-likeness (QED) is 0.169. The molecule has 1 heterocycles. The lowest BCUT2D eigenvalue weighted by Crippen LogP contribution is -2.36. The fourth-order valence-electron chi connectivity index (χ4n) is 4.89. The van der Waals surface area contributed by atoms with Crippen molar-refractivity contribution in [3.8, 4) is 5.75 Å². The first kappa shape index (κ1) is 31.1. The Kier molecular flexibility index (Phi) is 11.7. The summed E-state index contributed by atoms with van der Waals surface area (Å²) >= 11 is 3.32. The van der Waals surface area contributed by atoms with Gasteiger partial charge in [-0.05, 0) is 78.9 Å². The van der Waals surface area contributed by atoms with E-state index >= 15 is 0 Å². The van der Waals surface area contributed by atoms with Gasteiger partial charge in [-0.3, -0.25) is 0 Å². The summed E-state index contributed by atoms with van der Waals surface area (Å²) in [5.41, 5.74) is 2.56. The molecule has 2 nitrogen and oxygen atoms in total. The summed E-state index contributed by atoms with van der Waals surface area (Å²) in [5.74, 6) is -1.92. The minimum absolute atomic E-state index is 0.0486. The molecule has 0 spiro atoms. The number of halogens is 5. The van der Waals surface area contributed by atoms with Crippen molar-refractivity contribution in [2.24, 2.45) is 0 Å². The molecule has 9 heteroatoms. The standard InChI is InChI=1S/C29H37F5O2S2/c1-27(22-12-14-23(35)15-13-22)21-38-26-11-4-3-9-24(26)25(27)10-7-18-36-17-5-2-6-19-37-20-8-16-28(30,31)29(32,33)34/h3-4,9,11-15,25,35H,2,5-8,10,16-21H2,1H3/t25?,27-/m1/s1. The number of aromatic hydroxyl groups is 1. The van der Waals surface area contributed by atoms with E-state index in [0.717, 1.165) is 43.6 Å². The zero-order valence-electron chi connectivity index (χ0n) is 21.7. The number of fused-ring (bicyclic) bond motifs is 1.